The smallest absolute Gasteiger partial charge is 0.414 e. The Hall–Kier alpha value is -3.43. The second-order valence-corrected chi connectivity index (χ2v) is 7.22. The summed E-state index contributed by atoms with van der Waals surface area (Å²) in [5.74, 6) is -0.822. The summed E-state index contributed by atoms with van der Waals surface area (Å²) < 4.78 is 9.87. The molecule has 1 aliphatic heterocycles. The number of aromatic amines is 1. The maximum Gasteiger partial charge on any atom is 0.414 e. The normalized spacial score (nSPS) is 16.0. The lowest BCUT2D eigenvalue weighted by atomic mass is 10.0. The molecule has 2 aromatic heterocycles. The Morgan fingerprint density at radius 3 is 2.75 bits per heavy atom. The summed E-state index contributed by atoms with van der Waals surface area (Å²) in [6.07, 6.45) is 1.09. The molecule has 0 bridgehead atoms. The number of carbonyl (C=O) groups is 3. The Bertz CT molecular complexity index is 931. The Labute approximate surface area is 161 Å². The molecule has 0 saturated carbocycles. The quantitative estimate of drug-likeness (QED) is 0.681. The van der Waals surface area contributed by atoms with Crippen LogP contribution in [0.4, 0.5) is 10.7 Å². The number of carbonyl (C=O) groups excluding carboxylic acids is 3. The number of rotatable bonds is 3. The average molecular weight is 387 g/mol. The molecule has 1 aliphatic rings. The van der Waals surface area contributed by atoms with Crippen molar-refractivity contribution >= 4 is 23.9 Å². The van der Waals surface area contributed by atoms with E-state index in [0.717, 1.165) is 0 Å². The van der Waals surface area contributed by atoms with Gasteiger partial charge in [0.1, 0.15) is 11.6 Å². The largest absolute Gasteiger partial charge is 0.467 e. The molecule has 0 saturated heterocycles. The third-order valence-electron chi connectivity index (χ3n) is 3.89. The first-order valence-electron chi connectivity index (χ1n) is 8.60. The molecule has 0 aliphatic carbocycles. The highest BCUT2D eigenvalue weighted by Crippen LogP contribution is 2.24. The van der Waals surface area contributed by atoms with Crippen LogP contribution in [0.1, 0.15) is 36.8 Å². The summed E-state index contributed by atoms with van der Waals surface area (Å²) in [6.45, 7) is 5.25. The summed E-state index contributed by atoms with van der Waals surface area (Å²) in [5.41, 5.74) is 1.41. The molecule has 3 rings (SSSR count). The fourth-order valence-corrected chi connectivity index (χ4v) is 2.74. The monoisotopic (exact) mass is 387 g/mol. The third kappa shape index (κ3) is 4.27. The van der Waals surface area contributed by atoms with Gasteiger partial charge in [-0.15, -0.1) is 0 Å². The van der Waals surface area contributed by atoms with Crippen LogP contribution in [-0.2, 0) is 20.7 Å². The summed E-state index contributed by atoms with van der Waals surface area (Å²) in [6, 6.07) is 2.52. The molecule has 0 fully saturated rings. The zero-order valence-corrected chi connectivity index (χ0v) is 16.0. The highest BCUT2D eigenvalue weighted by molar-refractivity contribution is 6.00. The van der Waals surface area contributed by atoms with E-state index in [1.807, 2.05) is 0 Å². The molecule has 3 N–H and O–H groups in total. The van der Waals surface area contributed by atoms with Gasteiger partial charge in [-0.1, -0.05) is 0 Å². The van der Waals surface area contributed by atoms with E-state index in [-0.39, 0.29) is 18.3 Å². The number of fused-ring (bicyclic) bond motifs is 1. The number of nitrogens with one attached hydrogen (secondary N) is 3. The molecule has 3 heterocycles. The highest BCUT2D eigenvalue weighted by atomic mass is 16.6. The van der Waals surface area contributed by atoms with E-state index in [1.54, 1.807) is 32.9 Å². The van der Waals surface area contributed by atoms with E-state index < -0.39 is 23.7 Å². The number of H-pyrrole nitrogens is 1. The Morgan fingerprint density at radius 1 is 1.32 bits per heavy atom. The topological polar surface area (TPSA) is 135 Å². The number of anilines is 1. The summed E-state index contributed by atoms with van der Waals surface area (Å²) >= 11 is 0. The average Bonchev–Trinajstić information content (AvgIpc) is 3.04. The number of nitrogens with zero attached hydrogens (tertiary/aromatic N) is 2. The van der Waals surface area contributed by atoms with E-state index in [2.05, 4.69) is 25.6 Å². The van der Waals surface area contributed by atoms with Crippen molar-refractivity contribution in [2.45, 2.75) is 38.8 Å². The van der Waals surface area contributed by atoms with E-state index in [9.17, 15) is 14.4 Å². The van der Waals surface area contributed by atoms with Crippen molar-refractivity contribution in [1.29, 1.82) is 0 Å². The van der Waals surface area contributed by atoms with Gasteiger partial charge in [-0.2, -0.15) is 0 Å². The molecule has 0 radical (unpaired) electrons. The molecule has 28 heavy (non-hydrogen) atoms. The van der Waals surface area contributed by atoms with Gasteiger partial charge in [0.15, 0.2) is 0 Å². The van der Waals surface area contributed by atoms with Crippen LogP contribution in [0.3, 0.4) is 0 Å². The van der Waals surface area contributed by atoms with Crippen LogP contribution >= 0.6 is 0 Å². The van der Waals surface area contributed by atoms with Crippen LogP contribution in [0.15, 0.2) is 18.3 Å². The molecular formula is C18H21N5O5. The van der Waals surface area contributed by atoms with Crippen molar-refractivity contribution in [1.82, 2.24) is 20.3 Å². The van der Waals surface area contributed by atoms with Gasteiger partial charge in [0.05, 0.1) is 24.1 Å². The number of ether oxygens (including phenoxy) is 2. The van der Waals surface area contributed by atoms with Crippen LogP contribution in [0.25, 0.3) is 11.4 Å². The van der Waals surface area contributed by atoms with Crippen molar-refractivity contribution in [2.75, 3.05) is 12.4 Å². The first-order chi connectivity index (χ1) is 13.2. The van der Waals surface area contributed by atoms with Crippen molar-refractivity contribution < 1.29 is 23.9 Å². The number of hydrogen-bond donors (Lipinski definition) is 3. The van der Waals surface area contributed by atoms with Crippen molar-refractivity contribution in [2.24, 2.45) is 0 Å². The second-order valence-electron chi connectivity index (χ2n) is 7.22. The highest BCUT2D eigenvalue weighted by Gasteiger charge is 2.31. The Kier molecular flexibility index (Phi) is 5.04. The molecule has 0 spiro atoms. The first kappa shape index (κ1) is 19.3. The number of hydrogen-bond acceptors (Lipinski definition) is 7. The van der Waals surface area contributed by atoms with E-state index in [0.29, 0.717) is 22.6 Å². The lowest BCUT2D eigenvalue weighted by Crippen LogP contribution is -2.46. The second kappa shape index (κ2) is 7.29. The van der Waals surface area contributed by atoms with Gasteiger partial charge < -0.3 is 19.8 Å². The van der Waals surface area contributed by atoms with Gasteiger partial charge >= 0.3 is 12.1 Å². The van der Waals surface area contributed by atoms with E-state index in [1.165, 1.54) is 13.3 Å². The molecule has 10 heteroatoms. The van der Waals surface area contributed by atoms with E-state index in [4.69, 9.17) is 9.47 Å². The fourth-order valence-electron chi connectivity index (χ4n) is 2.74. The Balaban J connectivity index is 1.81. The van der Waals surface area contributed by atoms with Gasteiger partial charge in [0.2, 0.25) is 5.95 Å². The molecular weight excluding hydrogens is 366 g/mol. The fraction of sp³-hybridized carbons (Fsp3) is 0.389. The molecule has 2 aromatic rings. The minimum absolute atomic E-state index is 0.0659. The minimum Gasteiger partial charge on any atom is -0.467 e. The van der Waals surface area contributed by atoms with Crippen LogP contribution in [-0.4, -0.2) is 51.7 Å². The molecule has 2 amide bonds. The first-order valence-corrected chi connectivity index (χ1v) is 8.60. The molecule has 1 unspecified atom stereocenters. The van der Waals surface area contributed by atoms with Crippen molar-refractivity contribution in [3.63, 3.8) is 0 Å². The van der Waals surface area contributed by atoms with Gasteiger partial charge in [-0.3, -0.25) is 10.1 Å². The lowest BCUT2D eigenvalue weighted by molar-refractivity contribution is -0.142. The zero-order chi connectivity index (χ0) is 20.5. The molecule has 1 atom stereocenters. The number of methoxy groups -OCH3 is 1. The number of esters is 1. The van der Waals surface area contributed by atoms with Crippen LogP contribution < -0.4 is 10.6 Å². The predicted octanol–water partition coefficient (Wildman–Crippen LogP) is 1.65. The van der Waals surface area contributed by atoms with Crippen LogP contribution in [0, 0.1) is 0 Å². The van der Waals surface area contributed by atoms with Gasteiger partial charge in [-0.25, -0.2) is 19.6 Å². The maximum absolute atomic E-state index is 12.3. The Morgan fingerprint density at radius 2 is 2.07 bits per heavy atom. The zero-order valence-electron chi connectivity index (χ0n) is 16.0. The molecule has 148 valence electrons. The van der Waals surface area contributed by atoms with Crippen LogP contribution in [0.5, 0.6) is 0 Å². The number of amides is 2. The lowest BCUT2D eigenvalue weighted by Gasteiger charge is -2.20. The van der Waals surface area contributed by atoms with Gasteiger partial charge in [-0.05, 0) is 32.9 Å². The minimum atomic E-state index is -0.744. The predicted molar refractivity (Wildman–Crippen MR) is 98.6 cm³/mol. The van der Waals surface area contributed by atoms with Crippen molar-refractivity contribution in [3.8, 4) is 11.4 Å². The molecule has 0 aromatic carbocycles. The summed E-state index contributed by atoms with van der Waals surface area (Å²) in [4.78, 5) is 47.3. The number of aromatic nitrogens is 3. The summed E-state index contributed by atoms with van der Waals surface area (Å²) in [5, 5.41) is 5.08. The van der Waals surface area contributed by atoms with Gasteiger partial charge in [0, 0.05) is 18.3 Å². The van der Waals surface area contributed by atoms with Gasteiger partial charge in [0.25, 0.3) is 5.91 Å². The molecule has 10 nitrogen and oxygen atoms in total. The third-order valence-corrected chi connectivity index (χ3v) is 3.89. The van der Waals surface area contributed by atoms with Crippen molar-refractivity contribution in [3.05, 3.63) is 29.6 Å². The van der Waals surface area contributed by atoms with E-state index >= 15 is 0 Å². The SMILES string of the molecule is COC(=O)C1Cc2[nH]c(-c3ccnc(NC(=O)OC(C)(C)C)n3)cc2C(=O)N1. The van der Waals surface area contributed by atoms with Crippen LogP contribution in [0.2, 0.25) is 0 Å². The summed E-state index contributed by atoms with van der Waals surface area (Å²) in [7, 11) is 1.27. The maximum atomic E-state index is 12.3. The standard InChI is InChI=1S/C18H21N5O5/c1-18(2,3)28-17(26)23-16-19-6-5-10(22-16)12-7-9-11(20-12)8-13(15(25)27-4)21-14(9)24/h5-7,13,20H,8H2,1-4H3,(H,21,24)(H,19,22,23,26).